The summed E-state index contributed by atoms with van der Waals surface area (Å²) in [6, 6.07) is 7.95. The molecule has 0 aliphatic heterocycles. The van der Waals surface area contributed by atoms with Gasteiger partial charge >= 0.3 is 0 Å². The molecule has 1 aromatic carbocycles. The van der Waals surface area contributed by atoms with Gasteiger partial charge in [0.1, 0.15) is 0 Å². The lowest BCUT2D eigenvalue weighted by Crippen LogP contribution is -2.09. The van der Waals surface area contributed by atoms with E-state index in [4.69, 9.17) is 11.6 Å². The van der Waals surface area contributed by atoms with Crippen molar-refractivity contribution in [1.29, 1.82) is 0 Å². The Bertz CT molecular complexity index is 564. The highest BCUT2D eigenvalue weighted by molar-refractivity contribution is 9.10. The van der Waals surface area contributed by atoms with Crippen LogP contribution in [0.15, 0.2) is 28.7 Å². The second kappa shape index (κ2) is 6.68. The van der Waals surface area contributed by atoms with Crippen LogP contribution in [0.1, 0.15) is 12.5 Å². The molecule has 0 aliphatic carbocycles. The molecule has 2 N–H and O–H groups in total. The molecule has 0 unspecified atom stereocenters. The molecule has 0 atom stereocenters. The zero-order valence-electron chi connectivity index (χ0n) is 10.3. The maximum absolute atomic E-state index is 5.85. The van der Waals surface area contributed by atoms with Crippen molar-refractivity contribution >= 4 is 39.4 Å². The lowest BCUT2D eigenvalue weighted by Gasteiger charge is -2.08. The molecule has 19 heavy (non-hydrogen) atoms. The molecule has 0 radical (unpaired) electrons. The molecule has 1 aromatic heterocycles. The fourth-order valence-corrected chi connectivity index (χ4v) is 2.07. The lowest BCUT2D eigenvalue weighted by molar-refractivity contribution is 0.986. The van der Waals surface area contributed by atoms with Gasteiger partial charge in [-0.1, -0.05) is 34.1 Å². The molecule has 5 nitrogen and oxygen atoms in total. The van der Waals surface area contributed by atoms with Crippen LogP contribution in [0, 0.1) is 0 Å². The Labute approximate surface area is 125 Å². The number of hydrogen-bond acceptors (Lipinski definition) is 5. The van der Waals surface area contributed by atoms with Crippen LogP contribution in [0.25, 0.3) is 0 Å². The zero-order chi connectivity index (χ0) is 13.7. The predicted octanol–water partition coefficient (Wildman–Crippen LogP) is 3.33. The smallest absolute Gasteiger partial charge is 0.229 e. The number of benzene rings is 1. The first-order valence-electron chi connectivity index (χ1n) is 5.81. The van der Waals surface area contributed by atoms with Gasteiger partial charge in [0.25, 0.3) is 0 Å². The van der Waals surface area contributed by atoms with Crippen molar-refractivity contribution in [3.63, 3.8) is 0 Å². The van der Waals surface area contributed by atoms with Crippen molar-refractivity contribution in [2.45, 2.75) is 13.5 Å². The van der Waals surface area contributed by atoms with Gasteiger partial charge in [-0.25, -0.2) is 0 Å². The molecule has 0 fully saturated rings. The van der Waals surface area contributed by atoms with E-state index in [-0.39, 0.29) is 5.28 Å². The Morgan fingerprint density at radius 1 is 1.11 bits per heavy atom. The van der Waals surface area contributed by atoms with Gasteiger partial charge in [0.15, 0.2) is 0 Å². The van der Waals surface area contributed by atoms with Gasteiger partial charge < -0.3 is 10.6 Å². The largest absolute Gasteiger partial charge is 0.354 e. The summed E-state index contributed by atoms with van der Waals surface area (Å²) >= 11 is 9.34. The van der Waals surface area contributed by atoms with Crippen molar-refractivity contribution in [2.24, 2.45) is 0 Å². The number of anilines is 2. The fraction of sp³-hybridized carbons (Fsp3) is 0.250. The first kappa shape index (κ1) is 14.0. The predicted molar refractivity (Wildman–Crippen MR) is 80.5 cm³/mol. The third kappa shape index (κ3) is 4.04. The van der Waals surface area contributed by atoms with Crippen molar-refractivity contribution in [3.8, 4) is 0 Å². The van der Waals surface area contributed by atoms with Crippen LogP contribution < -0.4 is 10.6 Å². The maximum atomic E-state index is 5.85. The minimum Gasteiger partial charge on any atom is -0.354 e. The standard InChI is InChI=1S/C12H13BrClN5/c1-2-15-11-17-10(14)18-12(19-11)16-7-8-5-3-4-6-9(8)13/h3-6H,2,7H2,1H3,(H2,15,16,17,18,19). The van der Waals surface area contributed by atoms with Crippen LogP contribution in [-0.2, 0) is 6.54 Å². The first-order chi connectivity index (χ1) is 9.19. The number of nitrogens with one attached hydrogen (secondary N) is 2. The highest BCUT2D eigenvalue weighted by atomic mass is 79.9. The average molecular weight is 343 g/mol. The van der Waals surface area contributed by atoms with E-state index in [0.717, 1.165) is 16.6 Å². The topological polar surface area (TPSA) is 62.7 Å². The molecule has 0 saturated heterocycles. The summed E-state index contributed by atoms with van der Waals surface area (Å²) in [5.41, 5.74) is 1.11. The molecule has 0 saturated carbocycles. The summed E-state index contributed by atoms with van der Waals surface area (Å²) in [4.78, 5) is 12.2. The summed E-state index contributed by atoms with van der Waals surface area (Å²) in [5, 5.41) is 6.29. The van der Waals surface area contributed by atoms with E-state index >= 15 is 0 Å². The van der Waals surface area contributed by atoms with E-state index < -0.39 is 0 Å². The van der Waals surface area contributed by atoms with Gasteiger partial charge in [0, 0.05) is 17.6 Å². The Kier molecular flexibility index (Phi) is 4.93. The normalized spacial score (nSPS) is 10.3. The van der Waals surface area contributed by atoms with Crippen molar-refractivity contribution in [1.82, 2.24) is 15.0 Å². The van der Waals surface area contributed by atoms with E-state index in [1.807, 2.05) is 31.2 Å². The zero-order valence-corrected chi connectivity index (χ0v) is 12.7. The van der Waals surface area contributed by atoms with Gasteiger partial charge in [0.2, 0.25) is 17.2 Å². The molecule has 0 bridgehead atoms. The third-order valence-corrected chi connectivity index (χ3v) is 3.28. The van der Waals surface area contributed by atoms with Crippen molar-refractivity contribution < 1.29 is 0 Å². The second-order valence-corrected chi connectivity index (χ2v) is 4.92. The molecule has 1 heterocycles. The number of hydrogen-bond donors (Lipinski definition) is 2. The molecule has 100 valence electrons. The molecular weight excluding hydrogens is 330 g/mol. The summed E-state index contributed by atoms with van der Waals surface area (Å²) < 4.78 is 1.04. The van der Waals surface area contributed by atoms with Crippen LogP contribution in [-0.4, -0.2) is 21.5 Å². The second-order valence-electron chi connectivity index (χ2n) is 3.73. The van der Waals surface area contributed by atoms with Gasteiger partial charge in [-0.2, -0.15) is 15.0 Å². The fourth-order valence-electron chi connectivity index (χ4n) is 1.48. The number of nitrogens with zero attached hydrogens (tertiary/aromatic N) is 3. The van der Waals surface area contributed by atoms with Crippen LogP contribution in [0.4, 0.5) is 11.9 Å². The minimum absolute atomic E-state index is 0.167. The number of aromatic nitrogens is 3. The highest BCUT2D eigenvalue weighted by Crippen LogP contribution is 2.17. The molecule has 0 aliphatic rings. The van der Waals surface area contributed by atoms with E-state index in [1.165, 1.54) is 0 Å². The van der Waals surface area contributed by atoms with Crippen molar-refractivity contribution in [2.75, 3.05) is 17.2 Å². The molecular formula is C12H13BrClN5. The SMILES string of the molecule is CCNc1nc(Cl)nc(NCc2ccccc2Br)n1. The van der Waals surface area contributed by atoms with Crippen LogP contribution in [0.3, 0.4) is 0 Å². The number of halogens is 2. The highest BCUT2D eigenvalue weighted by Gasteiger charge is 2.05. The average Bonchev–Trinajstić information content (AvgIpc) is 2.37. The Morgan fingerprint density at radius 2 is 1.79 bits per heavy atom. The van der Waals surface area contributed by atoms with Gasteiger partial charge in [0.05, 0.1) is 0 Å². The molecule has 2 rings (SSSR count). The van der Waals surface area contributed by atoms with E-state index in [0.29, 0.717) is 18.4 Å². The van der Waals surface area contributed by atoms with Gasteiger partial charge in [-0.05, 0) is 30.2 Å². The Morgan fingerprint density at radius 3 is 2.47 bits per heavy atom. The molecule has 0 amide bonds. The molecule has 7 heteroatoms. The van der Waals surface area contributed by atoms with Crippen LogP contribution in [0.5, 0.6) is 0 Å². The molecule has 0 spiro atoms. The van der Waals surface area contributed by atoms with Crippen LogP contribution >= 0.6 is 27.5 Å². The Hall–Kier alpha value is -1.40. The summed E-state index contributed by atoms with van der Waals surface area (Å²) in [6.07, 6.45) is 0. The van der Waals surface area contributed by atoms with Gasteiger partial charge in [-0.15, -0.1) is 0 Å². The summed E-state index contributed by atoms with van der Waals surface area (Å²) in [6.45, 7) is 3.29. The van der Waals surface area contributed by atoms with Gasteiger partial charge in [-0.3, -0.25) is 0 Å². The quantitative estimate of drug-likeness (QED) is 0.872. The van der Waals surface area contributed by atoms with Crippen LogP contribution in [0.2, 0.25) is 5.28 Å². The summed E-state index contributed by atoms with van der Waals surface area (Å²) in [7, 11) is 0. The summed E-state index contributed by atoms with van der Waals surface area (Å²) in [5.74, 6) is 0.920. The first-order valence-corrected chi connectivity index (χ1v) is 6.99. The third-order valence-electron chi connectivity index (χ3n) is 2.34. The lowest BCUT2D eigenvalue weighted by atomic mass is 10.2. The van der Waals surface area contributed by atoms with E-state index in [9.17, 15) is 0 Å². The number of rotatable bonds is 5. The molecule has 2 aromatic rings. The van der Waals surface area contributed by atoms with E-state index in [1.54, 1.807) is 0 Å². The Balaban J connectivity index is 2.09. The maximum Gasteiger partial charge on any atom is 0.229 e. The minimum atomic E-state index is 0.167. The van der Waals surface area contributed by atoms with Crippen molar-refractivity contribution in [3.05, 3.63) is 39.6 Å². The monoisotopic (exact) mass is 341 g/mol. The van der Waals surface area contributed by atoms with E-state index in [2.05, 4.69) is 41.5 Å².